The Morgan fingerprint density at radius 3 is 2.10 bits per heavy atom. The predicted molar refractivity (Wildman–Crippen MR) is 116 cm³/mol. The fourth-order valence-electron chi connectivity index (χ4n) is 3.91. The number of aromatic nitrogens is 2. The van der Waals surface area contributed by atoms with E-state index < -0.39 is 35.7 Å². The number of rotatable bonds is 4. The van der Waals surface area contributed by atoms with Crippen LogP contribution in [0.4, 0.5) is 0 Å². The van der Waals surface area contributed by atoms with E-state index in [0.29, 0.717) is 10.9 Å². The minimum atomic E-state index is -0.989. The fourth-order valence-corrected chi connectivity index (χ4v) is 3.91. The van der Waals surface area contributed by atoms with E-state index in [1.54, 1.807) is 0 Å². The van der Waals surface area contributed by atoms with Gasteiger partial charge >= 0.3 is 13.1 Å². The number of carbonyl (C=O) groups is 2. The predicted octanol–water partition coefficient (Wildman–Crippen LogP) is 3.52. The molecule has 2 aromatic rings. The summed E-state index contributed by atoms with van der Waals surface area (Å²) in [6.07, 6.45) is 0. The van der Waals surface area contributed by atoms with Crippen LogP contribution in [-0.2, 0) is 14.1 Å². The van der Waals surface area contributed by atoms with Gasteiger partial charge in [0.1, 0.15) is 5.69 Å². The molecule has 1 aromatic heterocycles. The number of hydrogen-bond acceptors (Lipinski definition) is 5. The summed E-state index contributed by atoms with van der Waals surface area (Å²) in [4.78, 5) is 24.5. The van der Waals surface area contributed by atoms with Crippen molar-refractivity contribution < 1.29 is 24.0 Å². The van der Waals surface area contributed by atoms with E-state index >= 15 is 0 Å². The first-order chi connectivity index (χ1) is 13.6. The van der Waals surface area contributed by atoms with E-state index in [1.165, 1.54) is 11.6 Å². The molecule has 1 N–H and O–H groups in total. The van der Waals surface area contributed by atoms with Gasteiger partial charge in [0.05, 0.1) is 16.7 Å². The van der Waals surface area contributed by atoms with Crippen LogP contribution >= 0.6 is 0 Å². The third-order valence-corrected chi connectivity index (χ3v) is 6.17. The lowest BCUT2D eigenvalue weighted by atomic mass is 9.77. The van der Waals surface area contributed by atoms with Crippen molar-refractivity contribution in [1.82, 2.24) is 9.78 Å². The van der Waals surface area contributed by atoms with Gasteiger partial charge in [-0.15, -0.1) is 0 Å². The van der Waals surface area contributed by atoms with Crippen molar-refractivity contribution in [3.05, 3.63) is 23.4 Å². The number of fused-ring (bicyclic) bond motifs is 1. The number of benzene rings is 1. The molecule has 1 aromatic carbocycles. The molecule has 2 heterocycles. The Balaban J connectivity index is 2.24. The average molecular weight is 414 g/mol. The molecule has 1 atom stereocenters. The van der Waals surface area contributed by atoms with Gasteiger partial charge in [-0.05, 0) is 51.1 Å². The molecule has 0 aliphatic carbocycles. The van der Waals surface area contributed by atoms with Crippen LogP contribution in [0, 0.1) is 12.3 Å². The van der Waals surface area contributed by atoms with Gasteiger partial charge in [-0.1, -0.05) is 32.9 Å². The first kappa shape index (κ1) is 22.5. The number of Topliss-reactive ketones (excluding diaryl/α,β-unsaturated/α-hetero) is 1. The first-order valence-electron chi connectivity index (χ1n) is 10.2. The van der Waals surface area contributed by atoms with Crippen LogP contribution < -0.4 is 5.46 Å². The number of aryl methyl sites for hydroxylation is 1. The maximum atomic E-state index is 12.4. The molecular formula is C22H31BN2O5. The normalized spacial score (nSPS) is 19.3. The van der Waals surface area contributed by atoms with Gasteiger partial charge in [0.25, 0.3) is 0 Å². The maximum Gasteiger partial charge on any atom is 0.494 e. The third-order valence-electron chi connectivity index (χ3n) is 6.17. The van der Waals surface area contributed by atoms with Gasteiger partial charge in [0.15, 0.2) is 11.8 Å². The Morgan fingerprint density at radius 2 is 1.67 bits per heavy atom. The highest BCUT2D eigenvalue weighted by Gasteiger charge is 2.52. The Hall–Kier alpha value is -2.19. The number of carbonyl (C=O) groups excluding carboxylic acids is 1. The van der Waals surface area contributed by atoms with Crippen LogP contribution in [0.2, 0.25) is 0 Å². The lowest BCUT2D eigenvalue weighted by Gasteiger charge is -2.32. The first-order valence-corrected chi connectivity index (χ1v) is 10.2. The van der Waals surface area contributed by atoms with E-state index in [0.717, 1.165) is 11.0 Å². The SMILES string of the molecule is CC(=O)c1nn(C(C(=O)O)C(C)(C)C)c2c(C)cc(B3OC(C)(C)C(C)(C)O3)cc12. The second kappa shape index (κ2) is 6.92. The third kappa shape index (κ3) is 3.56. The molecule has 0 radical (unpaired) electrons. The summed E-state index contributed by atoms with van der Waals surface area (Å²) in [7, 11) is -0.584. The highest BCUT2D eigenvalue weighted by atomic mass is 16.7. The van der Waals surface area contributed by atoms with Crippen molar-refractivity contribution >= 4 is 35.2 Å². The summed E-state index contributed by atoms with van der Waals surface area (Å²) >= 11 is 0. The van der Waals surface area contributed by atoms with E-state index in [9.17, 15) is 14.7 Å². The van der Waals surface area contributed by atoms with E-state index in [2.05, 4.69) is 5.10 Å². The number of aliphatic carboxylic acids is 1. The van der Waals surface area contributed by atoms with Crippen molar-refractivity contribution in [3.8, 4) is 0 Å². The molecule has 162 valence electrons. The fraction of sp³-hybridized carbons (Fsp3) is 0.591. The molecule has 0 saturated carbocycles. The number of nitrogens with zero attached hydrogens (tertiary/aromatic N) is 2. The van der Waals surface area contributed by atoms with Gasteiger partial charge in [0, 0.05) is 12.3 Å². The molecule has 8 heteroatoms. The Kier molecular flexibility index (Phi) is 5.19. The van der Waals surface area contributed by atoms with Crippen molar-refractivity contribution in [2.75, 3.05) is 0 Å². The molecule has 30 heavy (non-hydrogen) atoms. The lowest BCUT2D eigenvalue weighted by Crippen LogP contribution is -2.41. The average Bonchev–Trinajstić information content (AvgIpc) is 3.01. The molecule has 1 saturated heterocycles. The largest absolute Gasteiger partial charge is 0.494 e. The highest BCUT2D eigenvalue weighted by molar-refractivity contribution is 6.62. The lowest BCUT2D eigenvalue weighted by molar-refractivity contribution is -0.144. The maximum absolute atomic E-state index is 12.4. The van der Waals surface area contributed by atoms with E-state index in [-0.39, 0.29) is 11.5 Å². The van der Waals surface area contributed by atoms with Crippen molar-refractivity contribution in [1.29, 1.82) is 0 Å². The molecule has 7 nitrogen and oxygen atoms in total. The zero-order valence-electron chi connectivity index (χ0n) is 19.3. The van der Waals surface area contributed by atoms with Crippen LogP contribution in [0.5, 0.6) is 0 Å². The molecule has 1 unspecified atom stereocenters. The monoisotopic (exact) mass is 414 g/mol. The number of ketones is 1. The zero-order chi connectivity index (χ0) is 22.8. The molecule has 0 amide bonds. The summed E-state index contributed by atoms with van der Waals surface area (Å²) in [6, 6.07) is 2.84. The minimum absolute atomic E-state index is 0.220. The van der Waals surface area contributed by atoms with Crippen LogP contribution in [0.25, 0.3) is 10.9 Å². The molecule has 0 bridgehead atoms. The molecule has 1 aliphatic rings. The van der Waals surface area contributed by atoms with Crippen molar-refractivity contribution in [3.63, 3.8) is 0 Å². The van der Waals surface area contributed by atoms with E-state index in [4.69, 9.17) is 9.31 Å². The summed E-state index contributed by atoms with van der Waals surface area (Å²) in [5, 5.41) is 15.0. The van der Waals surface area contributed by atoms with Gasteiger partial charge in [-0.25, -0.2) is 9.48 Å². The van der Waals surface area contributed by atoms with Gasteiger partial charge in [-0.2, -0.15) is 5.10 Å². The zero-order valence-corrected chi connectivity index (χ0v) is 19.3. The summed E-state index contributed by atoms with van der Waals surface area (Å²) < 4.78 is 13.8. The molecule has 3 rings (SSSR count). The number of carboxylic acid groups (broad SMARTS) is 1. The summed E-state index contributed by atoms with van der Waals surface area (Å²) in [5.41, 5.74) is 0.903. The Bertz CT molecular complexity index is 1020. The minimum Gasteiger partial charge on any atom is -0.480 e. The van der Waals surface area contributed by atoms with Crippen LogP contribution in [0.15, 0.2) is 12.1 Å². The number of carboxylic acids is 1. The highest BCUT2D eigenvalue weighted by Crippen LogP contribution is 2.38. The van der Waals surface area contributed by atoms with Gasteiger partial charge in [-0.3, -0.25) is 4.79 Å². The quantitative estimate of drug-likeness (QED) is 0.608. The van der Waals surface area contributed by atoms with Crippen LogP contribution in [0.3, 0.4) is 0 Å². The molecule has 1 aliphatic heterocycles. The van der Waals surface area contributed by atoms with Gasteiger partial charge in [0.2, 0.25) is 0 Å². The summed E-state index contributed by atoms with van der Waals surface area (Å²) in [5.74, 6) is -1.21. The number of hydrogen-bond donors (Lipinski definition) is 1. The Morgan fingerprint density at radius 1 is 1.13 bits per heavy atom. The second-order valence-corrected chi connectivity index (χ2v) is 10.3. The molecular weight excluding hydrogens is 383 g/mol. The van der Waals surface area contributed by atoms with Crippen LogP contribution in [-0.4, -0.2) is 45.0 Å². The molecule has 0 spiro atoms. The standard InChI is InChI=1S/C22H31BN2O5/c1-12-10-14(23-29-21(6,7)22(8,9)30-23)11-15-16(13(2)26)24-25(17(12)15)18(19(27)28)20(3,4)5/h10-11,18H,1-9H3,(H,27,28). The Labute approximate surface area is 177 Å². The topological polar surface area (TPSA) is 90.7 Å². The summed E-state index contributed by atoms with van der Waals surface area (Å²) in [6.45, 7) is 16.8. The van der Waals surface area contributed by atoms with Crippen molar-refractivity contribution in [2.24, 2.45) is 5.41 Å². The molecule has 1 fully saturated rings. The second-order valence-electron chi connectivity index (χ2n) is 10.3. The van der Waals surface area contributed by atoms with Crippen molar-refractivity contribution in [2.45, 2.75) is 79.6 Å². The van der Waals surface area contributed by atoms with Crippen LogP contribution in [0.1, 0.15) is 77.5 Å². The smallest absolute Gasteiger partial charge is 0.480 e. The van der Waals surface area contributed by atoms with E-state index in [1.807, 2.05) is 67.5 Å². The van der Waals surface area contributed by atoms with Gasteiger partial charge < -0.3 is 14.4 Å².